The molecule has 0 saturated carbocycles. The first-order valence-corrected chi connectivity index (χ1v) is 12.3. The van der Waals surface area contributed by atoms with E-state index in [1.54, 1.807) is 48.5 Å². The number of aryl methyl sites for hydroxylation is 1. The zero-order valence-corrected chi connectivity index (χ0v) is 22.0. The highest BCUT2D eigenvalue weighted by Gasteiger charge is 2.13. The van der Waals surface area contributed by atoms with Gasteiger partial charge in [0.15, 0.2) is 6.61 Å². The van der Waals surface area contributed by atoms with Crippen molar-refractivity contribution in [1.82, 2.24) is 5.43 Å². The molecule has 0 aliphatic rings. The van der Waals surface area contributed by atoms with E-state index in [1.807, 2.05) is 32.0 Å². The van der Waals surface area contributed by atoms with Crippen molar-refractivity contribution in [3.05, 3.63) is 82.3 Å². The molecule has 0 aliphatic heterocycles. The lowest BCUT2D eigenvalue weighted by molar-refractivity contribution is -0.136. The molecule has 0 saturated heterocycles. The molecule has 0 fully saturated rings. The average Bonchev–Trinajstić information content (AvgIpc) is 2.87. The predicted octanol–water partition coefficient (Wildman–Crippen LogP) is 4.65. The zero-order valence-electron chi connectivity index (χ0n) is 20.4. The van der Waals surface area contributed by atoms with E-state index >= 15 is 0 Å². The molecular weight excluding hydrogens is 540 g/mol. The quantitative estimate of drug-likeness (QED) is 0.187. The monoisotopic (exact) mass is 566 g/mol. The van der Waals surface area contributed by atoms with Crippen molar-refractivity contribution >= 4 is 51.2 Å². The fraction of sp³-hybridized carbons (Fsp3) is 0.185. The molecule has 37 heavy (non-hydrogen) atoms. The van der Waals surface area contributed by atoms with Gasteiger partial charge in [-0.05, 0) is 73.5 Å². The molecule has 0 spiro atoms. The van der Waals surface area contributed by atoms with E-state index < -0.39 is 11.8 Å². The van der Waals surface area contributed by atoms with Gasteiger partial charge in [0.2, 0.25) is 0 Å². The van der Waals surface area contributed by atoms with Crippen LogP contribution < -0.4 is 25.5 Å². The van der Waals surface area contributed by atoms with Crippen LogP contribution in [0.5, 0.6) is 11.5 Å². The molecule has 0 bridgehead atoms. The Bertz CT molecular complexity index is 1280. The van der Waals surface area contributed by atoms with E-state index in [2.05, 4.69) is 37.1 Å². The molecule has 3 rings (SSSR count). The molecule has 0 heterocycles. The van der Waals surface area contributed by atoms with Crippen molar-refractivity contribution in [3.8, 4) is 11.5 Å². The molecule has 3 N–H and O–H groups in total. The first kappa shape index (κ1) is 27.4. The molecule has 3 amide bonds. The largest absolute Gasteiger partial charge is 0.494 e. The molecular formula is C27H27BrN4O5. The second-order valence-electron chi connectivity index (χ2n) is 7.91. The molecule has 0 aliphatic carbocycles. The van der Waals surface area contributed by atoms with Crippen molar-refractivity contribution < 1.29 is 23.9 Å². The third-order valence-electron chi connectivity index (χ3n) is 4.79. The maximum absolute atomic E-state index is 12.3. The maximum Gasteiger partial charge on any atom is 0.329 e. The lowest BCUT2D eigenvalue weighted by Gasteiger charge is -2.10. The number of carbonyl (C=O) groups excluding carboxylic acids is 3. The average molecular weight is 567 g/mol. The summed E-state index contributed by atoms with van der Waals surface area (Å²) in [6.45, 7) is 4.31. The number of nitrogens with one attached hydrogen (secondary N) is 3. The third-order valence-corrected chi connectivity index (χ3v) is 5.29. The first-order valence-electron chi connectivity index (χ1n) is 11.5. The van der Waals surface area contributed by atoms with Crippen molar-refractivity contribution in [2.24, 2.45) is 5.10 Å². The van der Waals surface area contributed by atoms with Crippen LogP contribution >= 0.6 is 15.9 Å². The number of amides is 3. The Kier molecular flexibility index (Phi) is 10.2. The zero-order chi connectivity index (χ0) is 26.6. The maximum atomic E-state index is 12.3. The van der Waals surface area contributed by atoms with Crippen LogP contribution in [-0.2, 0) is 14.4 Å². The van der Waals surface area contributed by atoms with Crippen molar-refractivity contribution in [2.45, 2.75) is 20.3 Å². The van der Waals surface area contributed by atoms with Crippen molar-refractivity contribution in [2.75, 3.05) is 23.8 Å². The Morgan fingerprint density at radius 1 is 0.919 bits per heavy atom. The summed E-state index contributed by atoms with van der Waals surface area (Å²) in [5.74, 6) is -1.11. The molecule has 0 atom stereocenters. The molecule has 0 unspecified atom stereocenters. The molecule has 0 radical (unpaired) electrons. The normalized spacial score (nSPS) is 10.6. The summed E-state index contributed by atoms with van der Waals surface area (Å²) in [7, 11) is 0. The number of anilines is 2. The summed E-state index contributed by atoms with van der Waals surface area (Å²) < 4.78 is 11.9. The van der Waals surface area contributed by atoms with Crippen molar-refractivity contribution in [3.63, 3.8) is 0 Å². The highest BCUT2D eigenvalue weighted by Crippen LogP contribution is 2.22. The fourth-order valence-corrected chi connectivity index (χ4v) is 3.45. The summed E-state index contributed by atoms with van der Waals surface area (Å²) >= 11 is 3.37. The van der Waals surface area contributed by atoms with Gasteiger partial charge in [0.1, 0.15) is 11.5 Å². The van der Waals surface area contributed by atoms with Crippen LogP contribution in [0.2, 0.25) is 0 Å². The fourth-order valence-electron chi connectivity index (χ4n) is 3.07. The van der Waals surface area contributed by atoms with Gasteiger partial charge in [-0.1, -0.05) is 35.0 Å². The minimum atomic E-state index is -0.947. The highest BCUT2D eigenvalue weighted by atomic mass is 79.9. The van der Waals surface area contributed by atoms with E-state index in [9.17, 15) is 14.4 Å². The number of benzene rings is 3. The van der Waals surface area contributed by atoms with Gasteiger partial charge < -0.3 is 20.1 Å². The number of nitrogens with zero attached hydrogens (tertiary/aromatic N) is 1. The van der Waals surface area contributed by atoms with Gasteiger partial charge in [-0.15, -0.1) is 0 Å². The topological polar surface area (TPSA) is 118 Å². The minimum Gasteiger partial charge on any atom is -0.494 e. The van der Waals surface area contributed by atoms with Crippen LogP contribution in [0.25, 0.3) is 0 Å². The van der Waals surface area contributed by atoms with Gasteiger partial charge in [-0.25, -0.2) is 5.43 Å². The van der Waals surface area contributed by atoms with E-state index in [0.29, 0.717) is 35.0 Å². The predicted molar refractivity (Wildman–Crippen MR) is 146 cm³/mol. The third kappa shape index (κ3) is 9.08. The molecule has 10 heteroatoms. The number of ether oxygens (including phenoxy) is 2. The van der Waals surface area contributed by atoms with Crippen LogP contribution in [0.4, 0.5) is 11.4 Å². The molecule has 9 nitrogen and oxygen atoms in total. The van der Waals surface area contributed by atoms with Gasteiger partial charge in [0.25, 0.3) is 5.91 Å². The van der Waals surface area contributed by atoms with Crippen molar-refractivity contribution in [1.29, 1.82) is 0 Å². The summed E-state index contributed by atoms with van der Waals surface area (Å²) in [4.78, 5) is 36.6. The van der Waals surface area contributed by atoms with Gasteiger partial charge in [-0.2, -0.15) is 5.10 Å². The molecule has 3 aromatic carbocycles. The number of hydrogen-bond acceptors (Lipinski definition) is 6. The lowest BCUT2D eigenvalue weighted by atomic mass is 10.2. The standard InChI is InChI=1S/C27H27BrN4O5/c1-3-13-36-23-10-8-21(9-11-23)31-26(34)27(35)32-29-16-19-15-20(28)7-12-24(19)37-17-25(33)30-22-6-4-5-18(2)14-22/h4-12,14-16H,3,13,17H2,1-2H3,(H,30,33)(H,31,34)(H,32,35)/b29-16-. The number of hydrogen-bond donors (Lipinski definition) is 3. The second kappa shape index (κ2) is 13.8. The Morgan fingerprint density at radius 2 is 1.70 bits per heavy atom. The van der Waals surface area contributed by atoms with Crippen LogP contribution in [0.15, 0.2) is 76.3 Å². The summed E-state index contributed by atoms with van der Waals surface area (Å²) in [5, 5.41) is 9.12. The molecule has 192 valence electrons. The van der Waals surface area contributed by atoms with Gasteiger partial charge in [0, 0.05) is 21.4 Å². The minimum absolute atomic E-state index is 0.229. The van der Waals surface area contributed by atoms with Crippen LogP contribution in [0.3, 0.4) is 0 Å². The Labute approximate surface area is 223 Å². The number of rotatable bonds is 10. The van der Waals surface area contributed by atoms with Gasteiger partial charge in [-0.3, -0.25) is 14.4 Å². The molecule has 0 aromatic heterocycles. The Balaban J connectivity index is 1.53. The van der Waals surface area contributed by atoms with E-state index in [0.717, 1.165) is 16.5 Å². The van der Waals surface area contributed by atoms with Gasteiger partial charge >= 0.3 is 11.8 Å². The van der Waals surface area contributed by atoms with E-state index in [1.165, 1.54) is 6.21 Å². The molecule has 3 aromatic rings. The summed E-state index contributed by atoms with van der Waals surface area (Å²) in [6, 6.07) is 19.2. The Morgan fingerprint density at radius 3 is 2.43 bits per heavy atom. The van der Waals surface area contributed by atoms with Gasteiger partial charge in [0.05, 0.1) is 12.8 Å². The Hall–Kier alpha value is -4.18. The second-order valence-corrected chi connectivity index (χ2v) is 8.83. The summed E-state index contributed by atoms with van der Waals surface area (Å²) in [6.07, 6.45) is 2.21. The highest BCUT2D eigenvalue weighted by molar-refractivity contribution is 9.10. The van der Waals surface area contributed by atoms with Crippen LogP contribution in [0.1, 0.15) is 24.5 Å². The SMILES string of the molecule is CCCOc1ccc(NC(=O)C(=O)N/N=C\c2cc(Br)ccc2OCC(=O)Nc2cccc(C)c2)cc1. The van der Waals surface area contributed by atoms with E-state index in [-0.39, 0.29) is 12.5 Å². The smallest absolute Gasteiger partial charge is 0.329 e. The number of hydrazone groups is 1. The summed E-state index contributed by atoms with van der Waals surface area (Å²) in [5.41, 5.74) is 4.81. The number of carbonyl (C=O) groups is 3. The lowest BCUT2D eigenvalue weighted by Crippen LogP contribution is -2.32. The first-order chi connectivity index (χ1) is 17.8. The van der Waals surface area contributed by atoms with E-state index in [4.69, 9.17) is 9.47 Å². The van der Waals surface area contributed by atoms with Crippen LogP contribution in [0, 0.1) is 6.92 Å². The van der Waals surface area contributed by atoms with Crippen LogP contribution in [-0.4, -0.2) is 37.1 Å². The number of halogens is 1.